The Kier molecular flexibility index (Phi) is 5.83. The molecule has 0 aromatic heterocycles. The van der Waals surface area contributed by atoms with Crippen LogP contribution in [-0.2, 0) is 9.59 Å². The molecule has 0 radical (unpaired) electrons. The van der Waals surface area contributed by atoms with Gasteiger partial charge in [0.1, 0.15) is 11.5 Å². The first-order chi connectivity index (χ1) is 9.47. The van der Waals surface area contributed by atoms with Gasteiger partial charge in [-0.25, -0.2) is 0 Å². The average molecular weight is 280 g/mol. The Morgan fingerprint density at radius 2 is 1.90 bits per heavy atom. The summed E-state index contributed by atoms with van der Waals surface area (Å²) in [6.07, 6.45) is 0. The van der Waals surface area contributed by atoms with Gasteiger partial charge in [0.25, 0.3) is 0 Å². The molecule has 0 bridgehead atoms. The number of benzene rings is 1. The van der Waals surface area contributed by atoms with E-state index >= 15 is 0 Å². The first kappa shape index (κ1) is 15.8. The van der Waals surface area contributed by atoms with Crippen LogP contribution in [0.25, 0.3) is 0 Å². The lowest BCUT2D eigenvalue weighted by molar-refractivity contribution is -0.126. The van der Waals surface area contributed by atoms with Crippen LogP contribution in [0.2, 0.25) is 0 Å². The van der Waals surface area contributed by atoms with Crippen molar-refractivity contribution in [1.29, 1.82) is 0 Å². The zero-order chi connectivity index (χ0) is 15.1. The van der Waals surface area contributed by atoms with Crippen molar-refractivity contribution < 1.29 is 19.1 Å². The molecular formula is C14H20N2O4. The second kappa shape index (κ2) is 7.37. The first-order valence-electron chi connectivity index (χ1n) is 6.27. The van der Waals surface area contributed by atoms with Crippen molar-refractivity contribution in [2.45, 2.75) is 13.8 Å². The Bertz CT molecular complexity index is 486. The normalized spacial score (nSPS) is 10.1. The molecule has 6 nitrogen and oxygen atoms in total. The quantitative estimate of drug-likeness (QED) is 0.826. The molecule has 0 heterocycles. The van der Waals surface area contributed by atoms with Crippen molar-refractivity contribution in [2.75, 3.05) is 26.1 Å². The second-order valence-corrected chi connectivity index (χ2v) is 4.49. The molecule has 0 atom stereocenters. The van der Waals surface area contributed by atoms with Gasteiger partial charge in [0.05, 0.1) is 26.5 Å². The summed E-state index contributed by atoms with van der Waals surface area (Å²) in [6, 6.07) is 5.08. The molecule has 110 valence electrons. The zero-order valence-corrected chi connectivity index (χ0v) is 12.1. The Morgan fingerprint density at radius 1 is 1.20 bits per heavy atom. The summed E-state index contributed by atoms with van der Waals surface area (Å²) in [5, 5.41) is 5.22. The fraction of sp³-hybridized carbons (Fsp3) is 0.429. The molecule has 1 aromatic carbocycles. The molecule has 6 heteroatoms. The lowest BCUT2D eigenvalue weighted by Crippen LogP contribution is -2.35. The number of carbonyl (C=O) groups is 2. The maximum Gasteiger partial charge on any atom is 0.243 e. The molecule has 0 saturated heterocycles. The number of ether oxygens (including phenoxy) is 2. The highest BCUT2D eigenvalue weighted by molar-refractivity contribution is 5.96. The zero-order valence-electron chi connectivity index (χ0n) is 12.1. The molecule has 1 rings (SSSR count). The van der Waals surface area contributed by atoms with E-state index < -0.39 is 0 Å². The van der Waals surface area contributed by atoms with Gasteiger partial charge in [-0.15, -0.1) is 0 Å². The number of rotatable bonds is 6. The number of amides is 2. The van der Waals surface area contributed by atoms with Gasteiger partial charge in [-0.1, -0.05) is 13.8 Å². The van der Waals surface area contributed by atoms with Gasteiger partial charge in [-0.3, -0.25) is 9.59 Å². The standard InChI is InChI=1S/C14H20N2O4/c1-9(2)14(18)15-8-13(17)16-11-7-10(19-3)5-6-12(11)20-4/h5-7,9H,8H2,1-4H3,(H,15,18)(H,16,17). The molecule has 0 fully saturated rings. The van der Waals surface area contributed by atoms with Gasteiger partial charge in [-0.2, -0.15) is 0 Å². The Hall–Kier alpha value is -2.24. The van der Waals surface area contributed by atoms with E-state index in [1.54, 1.807) is 32.0 Å². The van der Waals surface area contributed by atoms with Gasteiger partial charge in [0.15, 0.2) is 0 Å². The summed E-state index contributed by atoms with van der Waals surface area (Å²) in [5.74, 6) is 0.471. The van der Waals surface area contributed by atoms with Crippen molar-refractivity contribution in [3.8, 4) is 11.5 Å². The maximum atomic E-state index is 11.8. The van der Waals surface area contributed by atoms with Crippen LogP contribution < -0.4 is 20.1 Å². The fourth-order valence-electron chi connectivity index (χ4n) is 1.48. The third-order valence-electron chi connectivity index (χ3n) is 2.63. The Labute approximate surface area is 118 Å². The number of carbonyl (C=O) groups excluding carboxylic acids is 2. The minimum absolute atomic E-state index is 0.0859. The van der Waals surface area contributed by atoms with Crippen molar-refractivity contribution >= 4 is 17.5 Å². The largest absolute Gasteiger partial charge is 0.497 e. The average Bonchev–Trinajstić information content (AvgIpc) is 2.44. The minimum Gasteiger partial charge on any atom is -0.497 e. The van der Waals surface area contributed by atoms with Crippen molar-refractivity contribution in [2.24, 2.45) is 5.92 Å². The highest BCUT2D eigenvalue weighted by atomic mass is 16.5. The third kappa shape index (κ3) is 4.46. The number of nitrogens with one attached hydrogen (secondary N) is 2. The number of methoxy groups -OCH3 is 2. The summed E-state index contributed by atoms with van der Waals surface area (Å²) in [7, 11) is 3.05. The molecule has 0 aliphatic rings. The number of hydrogen-bond acceptors (Lipinski definition) is 4. The SMILES string of the molecule is COc1ccc(OC)c(NC(=O)CNC(=O)C(C)C)c1. The predicted molar refractivity (Wildman–Crippen MR) is 76.0 cm³/mol. The lowest BCUT2D eigenvalue weighted by Gasteiger charge is -2.12. The summed E-state index contributed by atoms with van der Waals surface area (Å²) in [6.45, 7) is 3.44. The number of anilines is 1. The van der Waals surface area contributed by atoms with Crippen LogP contribution in [0.1, 0.15) is 13.8 Å². The van der Waals surface area contributed by atoms with Crippen LogP contribution in [0.4, 0.5) is 5.69 Å². The molecule has 0 spiro atoms. The molecule has 0 aliphatic carbocycles. The molecule has 1 aromatic rings. The highest BCUT2D eigenvalue weighted by Crippen LogP contribution is 2.28. The highest BCUT2D eigenvalue weighted by Gasteiger charge is 2.11. The van der Waals surface area contributed by atoms with E-state index in [1.807, 2.05) is 0 Å². The van der Waals surface area contributed by atoms with Crippen molar-refractivity contribution in [3.05, 3.63) is 18.2 Å². The van der Waals surface area contributed by atoms with Crippen molar-refractivity contribution in [1.82, 2.24) is 5.32 Å². The van der Waals surface area contributed by atoms with Crippen LogP contribution in [0, 0.1) is 5.92 Å². The first-order valence-corrected chi connectivity index (χ1v) is 6.27. The molecule has 0 unspecified atom stereocenters. The second-order valence-electron chi connectivity index (χ2n) is 4.49. The van der Waals surface area contributed by atoms with E-state index in [0.717, 1.165) is 0 Å². The number of hydrogen-bond donors (Lipinski definition) is 2. The summed E-state index contributed by atoms with van der Waals surface area (Å²) < 4.78 is 10.2. The Balaban J connectivity index is 2.67. The molecule has 2 amide bonds. The monoisotopic (exact) mass is 280 g/mol. The van der Waals surface area contributed by atoms with E-state index in [2.05, 4.69) is 10.6 Å². The van der Waals surface area contributed by atoms with Crippen molar-refractivity contribution in [3.63, 3.8) is 0 Å². The van der Waals surface area contributed by atoms with Crippen LogP contribution in [-0.4, -0.2) is 32.6 Å². The molecule has 0 saturated carbocycles. The van der Waals surface area contributed by atoms with Gasteiger partial charge in [0, 0.05) is 12.0 Å². The molecule has 0 aliphatic heterocycles. The smallest absolute Gasteiger partial charge is 0.243 e. The van der Waals surface area contributed by atoms with E-state index in [4.69, 9.17) is 9.47 Å². The topological polar surface area (TPSA) is 76.7 Å². The predicted octanol–water partition coefficient (Wildman–Crippen LogP) is 1.41. The van der Waals surface area contributed by atoms with Gasteiger partial charge < -0.3 is 20.1 Å². The molecule has 20 heavy (non-hydrogen) atoms. The van der Waals surface area contributed by atoms with Gasteiger partial charge in [-0.05, 0) is 12.1 Å². The third-order valence-corrected chi connectivity index (χ3v) is 2.63. The molecular weight excluding hydrogens is 260 g/mol. The summed E-state index contributed by atoms with van der Waals surface area (Å²) >= 11 is 0. The van der Waals surface area contributed by atoms with Crippen LogP contribution in [0.15, 0.2) is 18.2 Å². The van der Waals surface area contributed by atoms with E-state index in [1.165, 1.54) is 14.2 Å². The Morgan fingerprint density at radius 3 is 2.45 bits per heavy atom. The summed E-state index contributed by atoms with van der Waals surface area (Å²) in [5.41, 5.74) is 0.496. The van der Waals surface area contributed by atoms with E-state index in [9.17, 15) is 9.59 Å². The van der Waals surface area contributed by atoms with Crippen LogP contribution in [0.5, 0.6) is 11.5 Å². The molecule has 2 N–H and O–H groups in total. The summed E-state index contributed by atoms with van der Waals surface area (Å²) in [4.78, 5) is 23.2. The minimum atomic E-state index is -0.328. The van der Waals surface area contributed by atoms with Crippen LogP contribution in [0.3, 0.4) is 0 Å². The van der Waals surface area contributed by atoms with Gasteiger partial charge in [0.2, 0.25) is 11.8 Å². The lowest BCUT2D eigenvalue weighted by atomic mass is 10.2. The fourth-order valence-corrected chi connectivity index (χ4v) is 1.48. The van der Waals surface area contributed by atoms with E-state index in [0.29, 0.717) is 17.2 Å². The maximum absolute atomic E-state index is 11.8. The van der Waals surface area contributed by atoms with Crippen LogP contribution >= 0.6 is 0 Å². The van der Waals surface area contributed by atoms with E-state index in [-0.39, 0.29) is 24.3 Å². The van der Waals surface area contributed by atoms with Gasteiger partial charge >= 0.3 is 0 Å².